The van der Waals surface area contributed by atoms with Crippen LogP contribution in [0.3, 0.4) is 0 Å². The number of rotatable bonds is 2. The molecule has 1 aromatic carbocycles. The van der Waals surface area contributed by atoms with Gasteiger partial charge in [-0.25, -0.2) is 0 Å². The molecule has 0 radical (unpaired) electrons. The van der Waals surface area contributed by atoms with Crippen LogP contribution >= 0.6 is 0 Å². The lowest BCUT2D eigenvalue weighted by Crippen LogP contribution is -2.30. The summed E-state index contributed by atoms with van der Waals surface area (Å²) in [7, 11) is 0. The first kappa shape index (κ1) is 12.8. The third kappa shape index (κ3) is 2.21. The van der Waals surface area contributed by atoms with Gasteiger partial charge in [-0.1, -0.05) is 12.1 Å². The van der Waals surface area contributed by atoms with Crippen LogP contribution in [0.25, 0.3) is 10.9 Å². The number of carbonyl (C=O) groups excluding carboxylic acids is 1. The van der Waals surface area contributed by atoms with Gasteiger partial charge in [-0.15, -0.1) is 0 Å². The second-order valence-electron chi connectivity index (χ2n) is 6.06. The van der Waals surface area contributed by atoms with Gasteiger partial charge in [-0.3, -0.25) is 9.89 Å². The van der Waals surface area contributed by atoms with Crippen LogP contribution < -0.4 is 0 Å². The molecule has 4 rings (SSSR count). The maximum Gasteiger partial charge on any atom is 0.256 e. The van der Waals surface area contributed by atoms with Gasteiger partial charge < -0.3 is 9.64 Å². The molecule has 2 unspecified atom stereocenters. The van der Waals surface area contributed by atoms with E-state index in [4.69, 9.17) is 4.74 Å². The number of aromatic nitrogens is 2. The molecule has 0 bridgehead atoms. The molecule has 5 heteroatoms. The number of ether oxygens (including phenoxy) is 1. The first-order valence-electron chi connectivity index (χ1n) is 7.62. The number of amides is 1. The molecule has 2 aliphatic rings. The van der Waals surface area contributed by atoms with Crippen molar-refractivity contribution in [1.29, 1.82) is 0 Å². The van der Waals surface area contributed by atoms with Crippen LogP contribution in [0.5, 0.6) is 0 Å². The van der Waals surface area contributed by atoms with E-state index in [1.165, 1.54) is 0 Å². The molecule has 2 aromatic rings. The monoisotopic (exact) mass is 285 g/mol. The first-order valence-corrected chi connectivity index (χ1v) is 7.62. The lowest BCUT2D eigenvalue weighted by molar-refractivity contribution is 0.0782. The molecule has 0 spiro atoms. The number of carbonyl (C=O) groups is 1. The summed E-state index contributed by atoms with van der Waals surface area (Å²) in [6.45, 7) is 3.45. The van der Waals surface area contributed by atoms with Crippen molar-refractivity contribution in [1.82, 2.24) is 15.1 Å². The fourth-order valence-corrected chi connectivity index (χ4v) is 3.60. The molecule has 2 fully saturated rings. The zero-order valence-corrected chi connectivity index (χ0v) is 11.9. The average molecular weight is 285 g/mol. The van der Waals surface area contributed by atoms with E-state index in [-0.39, 0.29) is 5.91 Å². The fraction of sp³-hybridized carbons (Fsp3) is 0.500. The van der Waals surface area contributed by atoms with E-state index in [9.17, 15) is 4.79 Å². The quantitative estimate of drug-likeness (QED) is 0.919. The normalized spacial score (nSPS) is 25.8. The van der Waals surface area contributed by atoms with Crippen molar-refractivity contribution in [2.45, 2.75) is 12.8 Å². The molecule has 2 aliphatic heterocycles. The van der Waals surface area contributed by atoms with Gasteiger partial charge in [-0.05, 0) is 30.7 Å². The zero-order valence-electron chi connectivity index (χ0n) is 11.9. The van der Waals surface area contributed by atoms with Crippen molar-refractivity contribution < 1.29 is 9.53 Å². The molecular weight excluding hydrogens is 266 g/mol. The molecule has 3 heterocycles. The van der Waals surface area contributed by atoms with Crippen LogP contribution in [0.1, 0.15) is 23.2 Å². The molecule has 1 amide bonds. The zero-order chi connectivity index (χ0) is 14.2. The molecule has 21 heavy (non-hydrogen) atoms. The Morgan fingerprint density at radius 1 is 1.33 bits per heavy atom. The minimum absolute atomic E-state index is 0.117. The van der Waals surface area contributed by atoms with Gasteiger partial charge in [0.1, 0.15) is 0 Å². The molecule has 0 saturated carbocycles. The Bertz CT molecular complexity index is 660. The van der Waals surface area contributed by atoms with Crippen molar-refractivity contribution >= 4 is 16.8 Å². The minimum Gasteiger partial charge on any atom is -0.381 e. The summed E-state index contributed by atoms with van der Waals surface area (Å²) in [5.74, 6) is 1.34. The van der Waals surface area contributed by atoms with Gasteiger partial charge in [0.2, 0.25) is 0 Å². The van der Waals surface area contributed by atoms with E-state index < -0.39 is 0 Å². The van der Waals surface area contributed by atoms with Gasteiger partial charge in [-0.2, -0.15) is 5.10 Å². The number of para-hydroxylation sites is 1. The second kappa shape index (κ2) is 5.15. The van der Waals surface area contributed by atoms with Crippen molar-refractivity contribution in [2.24, 2.45) is 11.8 Å². The summed E-state index contributed by atoms with van der Waals surface area (Å²) < 4.78 is 5.48. The number of fused-ring (bicyclic) bond motifs is 1. The highest BCUT2D eigenvalue weighted by atomic mass is 16.5. The second-order valence-corrected chi connectivity index (χ2v) is 6.06. The maximum atomic E-state index is 12.8. The first-order chi connectivity index (χ1) is 10.3. The number of aromatic amines is 1. The van der Waals surface area contributed by atoms with Crippen LogP contribution in [0.2, 0.25) is 0 Å². The predicted octanol–water partition coefficient (Wildman–Crippen LogP) is 2.06. The number of benzene rings is 1. The van der Waals surface area contributed by atoms with Gasteiger partial charge in [0.05, 0.1) is 17.3 Å². The third-order valence-electron chi connectivity index (χ3n) is 4.85. The van der Waals surface area contributed by atoms with Crippen LogP contribution in [0, 0.1) is 11.8 Å². The Kier molecular flexibility index (Phi) is 3.15. The van der Waals surface area contributed by atoms with Crippen LogP contribution in [0.15, 0.2) is 24.4 Å². The lowest BCUT2D eigenvalue weighted by atomic mass is 9.91. The number of H-pyrrole nitrogens is 1. The van der Waals surface area contributed by atoms with Crippen LogP contribution in [-0.2, 0) is 4.74 Å². The topological polar surface area (TPSA) is 58.2 Å². The van der Waals surface area contributed by atoms with E-state index >= 15 is 0 Å². The van der Waals surface area contributed by atoms with Crippen molar-refractivity contribution in [3.63, 3.8) is 0 Å². The highest BCUT2D eigenvalue weighted by molar-refractivity contribution is 6.05. The predicted molar refractivity (Wildman–Crippen MR) is 79.0 cm³/mol. The van der Waals surface area contributed by atoms with Gasteiger partial charge >= 0.3 is 0 Å². The summed E-state index contributed by atoms with van der Waals surface area (Å²) in [6, 6.07) is 5.77. The number of likely N-dealkylation sites (tertiary alicyclic amines) is 1. The third-order valence-corrected chi connectivity index (χ3v) is 4.85. The largest absolute Gasteiger partial charge is 0.381 e. The van der Waals surface area contributed by atoms with Crippen LogP contribution in [0.4, 0.5) is 0 Å². The fourth-order valence-electron chi connectivity index (χ4n) is 3.60. The van der Waals surface area contributed by atoms with E-state index in [1.807, 2.05) is 23.1 Å². The van der Waals surface area contributed by atoms with Crippen LogP contribution in [-0.4, -0.2) is 47.3 Å². The van der Waals surface area contributed by atoms with Gasteiger partial charge in [0.25, 0.3) is 5.91 Å². The summed E-state index contributed by atoms with van der Waals surface area (Å²) in [5, 5.41) is 7.96. The summed E-state index contributed by atoms with van der Waals surface area (Å²) in [6.07, 6.45) is 4.00. The van der Waals surface area contributed by atoms with Gasteiger partial charge in [0, 0.05) is 31.7 Å². The Morgan fingerprint density at radius 2 is 2.29 bits per heavy atom. The van der Waals surface area contributed by atoms with E-state index in [2.05, 4.69) is 10.2 Å². The molecule has 0 aliphatic carbocycles. The number of nitrogens with zero attached hydrogens (tertiary/aromatic N) is 2. The number of hydrogen-bond acceptors (Lipinski definition) is 3. The average Bonchev–Trinajstić information content (AvgIpc) is 3.23. The smallest absolute Gasteiger partial charge is 0.256 e. The Labute approximate surface area is 123 Å². The standard InChI is InChI=1S/C16H19N3O2/c20-16(14-3-1-2-11-8-17-18-15(11)14)19-6-4-12(9-19)13-5-7-21-10-13/h1-3,8,12-13H,4-7,9-10H2,(H,17,18). The van der Waals surface area contributed by atoms with Crippen molar-refractivity contribution in [3.05, 3.63) is 30.0 Å². The van der Waals surface area contributed by atoms with E-state index in [0.717, 1.165) is 55.6 Å². The van der Waals surface area contributed by atoms with E-state index in [0.29, 0.717) is 11.8 Å². The highest BCUT2D eigenvalue weighted by Crippen LogP contribution is 2.31. The summed E-state index contributed by atoms with van der Waals surface area (Å²) >= 11 is 0. The lowest BCUT2D eigenvalue weighted by Gasteiger charge is -2.19. The SMILES string of the molecule is O=C(c1cccc2cn[nH]c12)N1CCC(C2CCOC2)C1. The molecule has 2 atom stereocenters. The molecule has 2 saturated heterocycles. The number of hydrogen-bond donors (Lipinski definition) is 1. The van der Waals surface area contributed by atoms with E-state index in [1.54, 1.807) is 6.20 Å². The van der Waals surface area contributed by atoms with Gasteiger partial charge in [0.15, 0.2) is 0 Å². The van der Waals surface area contributed by atoms with Crippen molar-refractivity contribution in [3.8, 4) is 0 Å². The summed E-state index contributed by atoms with van der Waals surface area (Å²) in [4.78, 5) is 14.8. The molecular formula is C16H19N3O2. The van der Waals surface area contributed by atoms with Crippen molar-refractivity contribution in [2.75, 3.05) is 26.3 Å². The Morgan fingerprint density at radius 3 is 3.14 bits per heavy atom. The molecule has 5 nitrogen and oxygen atoms in total. The Hall–Kier alpha value is -1.88. The number of nitrogens with one attached hydrogen (secondary N) is 1. The highest BCUT2D eigenvalue weighted by Gasteiger charge is 2.34. The molecule has 1 aromatic heterocycles. The molecule has 1 N–H and O–H groups in total. The Balaban J connectivity index is 1.54. The summed E-state index contributed by atoms with van der Waals surface area (Å²) in [5.41, 5.74) is 1.57. The minimum atomic E-state index is 0.117. The maximum absolute atomic E-state index is 12.8. The molecule has 110 valence electrons.